The molecule has 0 aliphatic rings. The summed E-state index contributed by atoms with van der Waals surface area (Å²) in [6, 6.07) is 4.86. The van der Waals surface area contributed by atoms with Crippen molar-refractivity contribution in [2.24, 2.45) is 0 Å². The molecule has 0 radical (unpaired) electrons. The van der Waals surface area contributed by atoms with Gasteiger partial charge in [0.1, 0.15) is 0 Å². The summed E-state index contributed by atoms with van der Waals surface area (Å²) in [4.78, 5) is 0. The third-order valence-electron chi connectivity index (χ3n) is 6.15. The molecule has 0 spiro atoms. The van der Waals surface area contributed by atoms with Crippen molar-refractivity contribution in [3.63, 3.8) is 0 Å². The molecule has 0 rings (SSSR count). The fourth-order valence-electron chi connectivity index (χ4n) is 4.23. The lowest BCUT2D eigenvalue weighted by Crippen LogP contribution is -2.59. The first-order valence-electron chi connectivity index (χ1n) is 13.1. The molecule has 0 amide bonds. The smallest absolute Gasteiger partial charge is 0.221 e. The Labute approximate surface area is 196 Å². The molecule has 0 aromatic carbocycles. The summed E-state index contributed by atoms with van der Waals surface area (Å²) in [7, 11) is -3.94. The average Bonchev–Trinajstić information content (AvgIpc) is 2.70. The summed E-state index contributed by atoms with van der Waals surface area (Å²) in [5.41, 5.74) is 0. The molecular weight excluding hydrogens is 429 g/mol. The Hall–Kier alpha value is 0.974. The van der Waals surface area contributed by atoms with Crippen molar-refractivity contribution >= 4 is 37.2 Å². The van der Waals surface area contributed by atoms with Crippen molar-refractivity contribution in [2.45, 2.75) is 155 Å². The predicted molar refractivity (Wildman–Crippen MR) is 142 cm³/mol. The minimum atomic E-state index is -1.97. The van der Waals surface area contributed by atoms with Gasteiger partial charge in [-0.15, -0.1) is 22.2 Å². The summed E-state index contributed by atoms with van der Waals surface area (Å²) in [5, 5.41) is 0. The van der Waals surface area contributed by atoms with E-state index in [4.69, 9.17) is 22.2 Å². The van der Waals surface area contributed by atoms with E-state index in [1.54, 1.807) is 0 Å². The second-order valence-corrected chi connectivity index (χ2v) is 20.5. The second-order valence-electron chi connectivity index (χ2n) is 9.30. The lowest BCUT2D eigenvalue weighted by molar-refractivity contribution is 0.675. The van der Waals surface area contributed by atoms with E-state index in [9.17, 15) is 0 Å². The molecule has 1 nitrogen and oxygen atoms in total. The van der Waals surface area contributed by atoms with Gasteiger partial charge in [-0.3, -0.25) is 0 Å². The Bertz CT molecular complexity index is 300. The van der Waals surface area contributed by atoms with Crippen molar-refractivity contribution in [1.29, 1.82) is 0 Å². The number of unbranched alkanes of at least 4 members (excludes halogenated alkanes) is 12. The lowest BCUT2D eigenvalue weighted by atomic mass is 10.2. The van der Waals surface area contributed by atoms with Crippen LogP contribution in [-0.4, -0.2) is 15.1 Å². The van der Waals surface area contributed by atoms with E-state index in [0.717, 1.165) is 0 Å². The SMILES string of the molecule is CCCCCC[Si](Cl)(CCCCCC)N[Si](Cl)(CCCCCC)CCCCCC. The van der Waals surface area contributed by atoms with Crippen molar-refractivity contribution in [2.75, 3.05) is 0 Å². The van der Waals surface area contributed by atoms with Gasteiger partial charge in [-0.1, -0.05) is 130 Å². The molecule has 0 saturated heterocycles. The quantitative estimate of drug-likeness (QED) is 0.0919. The van der Waals surface area contributed by atoms with Gasteiger partial charge in [0.25, 0.3) is 0 Å². The number of nitrogens with one attached hydrogen (secondary N) is 1. The van der Waals surface area contributed by atoms with Crippen LogP contribution in [0.25, 0.3) is 0 Å². The molecule has 29 heavy (non-hydrogen) atoms. The first-order valence-corrected chi connectivity index (χ1v) is 20.0. The van der Waals surface area contributed by atoms with Gasteiger partial charge < -0.3 is 4.65 Å². The summed E-state index contributed by atoms with van der Waals surface area (Å²) in [6.07, 6.45) is 21.0. The number of halogens is 2. The van der Waals surface area contributed by atoms with Crippen LogP contribution < -0.4 is 4.65 Å². The highest BCUT2D eigenvalue weighted by molar-refractivity contribution is 7.30. The molecule has 0 saturated carbocycles. The maximum atomic E-state index is 7.44. The summed E-state index contributed by atoms with van der Waals surface area (Å²) < 4.78 is 4.12. The topological polar surface area (TPSA) is 12.0 Å². The Morgan fingerprint density at radius 1 is 0.414 bits per heavy atom. The van der Waals surface area contributed by atoms with Gasteiger partial charge in [-0.25, -0.2) is 0 Å². The average molecular weight is 483 g/mol. The zero-order valence-electron chi connectivity index (χ0n) is 20.4. The van der Waals surface area contributed by atoms with Crippen molar-refractivity contribution in [3.8, 4) is 0 Å². The summed E-state index contributed by atoms with van der Waals surface area (Å²) >= 11 is 14.9. The van der Waals surface area contributed by atoms with Crippen LogP contribution in [0.15, 0.2) is 0 Å². The highest BCUT2D eigenvalue weighted by Gasteiger charge is 2.41. The third-order valence-corrected chi connectivity index (χ3v) is 18.3. The second kappa shape index (κ2) is 19.6. The largest absolute Gasteiger partial charge is 0.335 e. The molecule has 0 fully saturated rings. The molecule has 0 unspecified atom stereocenters. The molecule has 5 heteroatoms. The van der Waals surface area contributed by atoms with Crippen LogP contribution in [0, 0.1) is 0 Å². The fourth-order valence-corrected chi connectivity index (χ4v) is 18.5. The molecule has 0 heterocycles. The monoisotopic (exact) mass is 481 g/mol. The molecular formula is C24H53Cl2NSi2. The number of hydrogen-bond acceptors (Lipinski definition) is 1. The molecule has 176 valence electrons. The minimum Gasteiger partial charge on any atom is -0.335 e. The van der Waals surface area contributed by atoms with Crippen LogP contribution in [0.2, 0.25) is 24.2 Å². The highest BCUT2D eigenvalue weighted by Crippen LogP contribution is 2.32. The number of hydrogen-bond donors (Lipinski definition) is 1. The van der Waals surface area contributed by atoms with Crippen molar-refractivity contribution in [1.82, 2.24) is 4.65 Å². The van der Waals surface area contributed by atoms with Gasteiger partial charge >= 0.3 is 0 Å². The van der Waals surface area contributed by atoms with Crippen LogP contribution in [0.4, 0.5) is 0 Å². The zero-order valence-corrected chi connectivity index (χ0v) is 23.9. The Morgan fingerprint density at radius 2 is 0.655 bits per heavy atom. The lowest BCUT2D eigenvalue weighted by Gasteiger charge is -2.36. The van der Waals surface area contributed by atoms with E-state index in [1.165, 1.54) is 127 Å². The first-order chi connectivity index (χ1) is 13.9. The van der Waals surface area contributed by atoms with Crippen LogP contribution in [0.1, 0.15) is 130 Å². The maximum absolute atomic E-state index is 7.44. The summed E-state index contributed by atoms with van der Waals surface area (Å²) in [5.74, 6) is 0. The van der Waals surface area contributed by atoms with Crippen molar-refractivity contribution < 1.29 is 0 Å². The molecule has 1 N–H and O–H groups in total. The normalized spacial score (nSPS) is 12.6. The zero-order chi connectivity index (χ0) is 21.8. The van der Waals surface area contributed by atoms with Crippen LogP contribution >= 0.6 is 22.2 Å². The van der Waals surface area contributed by atoms with Crippen LogP contribution in [-0.2, 0) is 0 Å². The third kappa shape index (κ3) is 17.2. The standard InChI is InChI=1S/C24H53Cl2NSi2/c1-5-9-13-17-21-28(25,22-18-14-10-6-2)27-29(26,23-19-15-11-7-3)24-20-16-12-8-4/h27H,5-24H2,1-4H3. The molecule has 0 atom stereocenters. The van der Waals surface area contributed by atoms with Crippen molar-refractivity contribution in [3.05, 3.63) is 0 Å². The minimum absolute atomic E-state index is 1.21. The van der Waals surface area contributed by atoms with Gasteiger partial charge in [0.2, 0.25) is 15.1 Å². The number of rotatable bonds is 22. The highest BCUT2D eigenvalue weighted by atomic mass is 35.6. The van der Waals surface area contributed by atoms with E-state index in [1.807, 2.05) is 0 Å². The first kappa shape index (κ1) is 30.0. The molecule has 0 aliphatic heterocycles. The van der Waals surface area contributed by atoms with E-state index in [2.05, 4.69) is 32.3 Å². The Morgan fingerprint density at radius 3 is 0.862 bits per heavy atom. The van der Waals surface area contributed by atoms with E-state index in [-0.39, 0.29) is 0 Å². The van der Waals surface area contributed by atoms with E-state index < -0.39 is 15.1 Å². The van der Waals surface area contributed by atoms with Gasteiger partial charge in [0.15, 0.2) is 0 Å². The van der Waals surface area contributed by atoms with Gasteiger partial charge in [0, 0.05) is 0 Å². The van der Waals surface area contributed by atoms with Gasteiger partial charge in [0.05, 0.1) is 0 Å². The maximum Gasteiger partial charge on any atom is 0.221 e. The Balaban J connectivity index is 4.96. The molecule has 0 aromatic rings. The van der Waals surface area contributed by atoms with Crippen LogP contribution in [0.3, 0.4) is 0 Å². The Kier molecular flexibility index (Phi) is 20.3. The fraction of sp³-hybridized carbons (Fsp3) is 1.00. The van der Waals surface area contributed by atoms with Crippen LogP contribution in [0.5, 0.6) is 0 Å². The predicted octanol–water partition coefficient (Wildman–Crippen LogP) is 10.3. The summed E-state index contributed by atoms with van der Waals surface area (Å²) in [6.45, 7) is 9.16. The van der Waals surface area contributed by atoms with E-state index >= 15 is 0 Å². The molecule has 0 bridgehead atoms. The molecule has 0 aliphatic carbocycles. The van der Waals surface area contributed by atoms with Gasteiger partial charge in [-0.05, 0) is 24.2 Å². The van der Waals surface area contributed by atoms with E-state index in [0.29, 0.717) is 0 Å². The van der Waals surface area contributed by atoms with Gasteiger partial charge in [-0.2, -0.15) is 0 Å². The molecule has 0 aromatic heterocycles.